The van der Waals surface area contributed by atoms with Crippen molar-refractivity contribution < 1.29 is 4.52 Å². The largest absolute Gasteiger partial charge is 0.350 e. The van der Waals surface area contributed by atoms with E-state index in [4.69, 9.17) is 14.5 Å². The molecule has 1 aliphatic rings. The number of nitrogens with zero attached hydrogens (tertiary/aromatic N) is 6. The number of nitrogens with one attached hydrogen (secondary N) is 1. The van der Waals surface area contributed by atoms with Gasteiger partial charge in [-0.05, 0) is 32.0 Å². The predicted octanol–water partition coefficient (Wildman–Crippen LogP) is 1.55. The monoisotopic (exact) mass is 351 g/mol. The Morgan fingerprint density at radius 3 is 2.69 bits per heavy atom. The summed E-state index contributed by atoms with van der Waals surface area (Å²) < 4.78 is 5.27. The summed E-state index contributed by atoms with van der Waals surface area (Å²) in [7, 11) is 2.00. The second-order valence-electron chi connectivity index (χ2n) is 6.37. The van der Waals surface area contributed by atoms with Crippen molar-refractivity contribution in [3.05, 3.63) is 47.5 Å². The van der Waals surface area contributed by atoms with E-state index in [0.717, 1.165) is 48.8 Å². The van der Waals surface area contributed by atoms with Crippen LogP contribution in [0, 0.1) is 6.92 Å². The lowest BCUT2D eigenvalue weighted by atomic mass is 10.1. The molecule has 3 aromatic rings. The third kappa shape index (κ3) is 3.41. The maximum Gasteiger partial charge on any atom is 0.246 e. The van der Waals surface area contributed by atoms with E-state index < -0.39 is 0 Å². The highest BCUT2D eigenvalue weighted by Crippen LogP contribution is 2.27. The molecule has 0 radical (unpaired) electrons. The molecule has 0 spiro atoms. The van der Waals surface area contributed by atoms with Gasteiger partial charge in [0, 0.05) is 43.5 Å². The number of hydrogen-bond donors (Lipinski definition) is 1. The number of fused-ring (bicyclic) bond motifs is 1. The summed E-state index contributed by atoms with van der Waals surface area (Å²) >= 11 is 0. The van der Waals surface area contributed by atoms with Crippen LogP contribution < -0.4 is 10.2 Å². The van der Waals surface area contributed by atoms with E-state index in [1.54, 1.807) is 12.4 Å². The van der Waals surface area contributed by atoms with Crippen molar-refractivity contribution in [2.75, 3.05) is 25.0 Å². The Morgan fingerprint density at radius 1 is 1.12 bits per heavy atom. The van der Waals surface area contributed by atoms with E-state index in [1.165, 1.54) is 5.56 Å². The summed E-state index contributed by atoms with van der Waals surface area (Å²) in [6, 6.07) is 3.86. The summed E-state index contributed by atoms with van der Waals surface area (Å²) in [5.74, 6) is 2.85. The molecule has 26 heavy (non-hydrogen) atoms. The van der Waals surface area contributed by atoms with Crippen molar-refractivity contribution in [1.29, 1.82) is 0 Å². The Balaban J connectivity index is 1.75. The number of anilines is 1. The Kier molecular flexibility index (Phi) is 4.57. The summed E-state index contributed by atoms with van der Waals surface area (Å²) in [6.07, 6.45) is 5.30. The van der Waals surface area contributed by atoms with Gasteiger partial charge in [-0.2, -0.15) is 4.98 Å². The number of rotatable bonds is 4. The van der Waals surface area contributed by atoms with Crippen LogP contribution in [0.15, 0.2) is 29.0 Å². The molecule has 0 atom stereocenters. The highest BCUT2D eigenvalue weighted by molar-refractivity contribution is 5.60. The van der Waals surface area contributed by atoms with Crippen LogP contribution in [-0.2, 0) is 19.4 Å². The lowest BCUT2D eigenvalue weighted by molar-refractivity contribution is 0.374. The average Bonchev–Trinajstić information content (AvgIpc) is 2.92. The van der Waals surface area contributed by atoms with Gasteiger partial charge in [-0.15, -0.1) is 0 Å². The third-order valence-corrected chi connectivity index (χ3v) is 4.40. The fourth-order valence-electron chi connectivity index (χ4n) is 3.15. The zero-order valence-corrected chi connectivity index (χ0v) is 14.9. The molecule has 4 rings (SSSR count). The first-order valence-electron chi connectivity index (χ1n) is 8.72. The van der Waals surface area contributed by atoms with Crippen molar-refractivity contribution >= 4 is 5.82 Å². The van der Waals surface area contributed by atoms with Crippen LogP contribution in [0.3, 0.4) is 0 Å². The van der Waals surface area contributed by atoms with Gasteiger partial charge in [0.15, 0.2) is 11.6 Å². The molecule has 0 unspecified atom stereocenters. The molecule has 1 N–H and O–H groups in total. The van der Waals surface area contributed by atoms with Gasteiger partial charge in [-0.25, -0.2) is 9.97 Å². The SMILES string of the molecule is Cc1noc(CN(C)c2nc(-c3ccncc3)nc3c2CCNCC3)n1. The van der Waals surface area contributed by atoms with Crippen molar-refractivity contribution in [3.63, 3.8) is 0 Å². The lowest BCUT2D eigenvalue weighted by Gasteiger charge is -2.21. The number of pyridine rings is 1. The standard InChI is InChI=1S/C18H21N7O/c1-12-21-16(26-24-12)11-25(2)18-14-5-9-20-10-6-15(14)22-17(23-18)13-3-7-19-8-4-13/h3-4,7-8,20H,5-6,9-11H2,1-2H3. The van der Waals surface area contributed by atoms with Crippen LogP contribution in [0.25, 0.3) is 11.4 Å². The van der Waals surface area contributed by atoms with E-state index in [-0.39, 0.29) is 0 Å². The molecule has 4 heterocycles. The fraction of sp³-hybridized carbons (Fsp3) is 0.389. The van der Waals surface area contributed by atoms with E-state index in [0.29, 0.717) is 18.3 Å². The van der Waals surface area contributed by atoms with Gasteiger partial charge < -0.3 is 14.7 Å². The maximum absolute atomic E-state index is 5.27. The van der Waals surface area contributed by atoms with Crippen LogP contribution in [-0.4, -0.2) is 45.2 Å². The number of aromatic nitrogens is 5. The van der Waals surface area contributed by atoms with Crippen LogP contribution in [0.4, 0.5) is 5.82 Å². The van der Waals surface area contributed by atoms with E-state index in [1.807, 2.05) is 26.1 Å². The van der Waals surface area contributed by atoms with Crippen molar-refractivity contribution in [3.8, 4) is 11.4 Å². The molecule has 0 fully saturated rings. The molecule has 0 amide bonds. The molecular weight excluding hydrogens is 330 g/mol. The van der Waals surface area contributed by atoms with Crippen molar-refractivity contribution in [1.82, 2.24) is 30.4 Å². The van der Waals surface area contributed by atoms with E-state index in [9.17, 15) is 0 Å². The maximum atomic E-state index is 5.27. The van der Waals surface area contributed by atoms with Crippen LogP contribution in [0.5, 0.6) is 0 Å². The first-order chi connectivity index (χ1) is 12.7. The van der Waals surface area contributed by atoms with Gasteiger partial charge in [0.25, 0.3) is 0 Å². The Bertz CT molecular complexity index is 894. The first-order valence-corrected chi connectivity index (χ1v) is 8.72. The Morgan fingerprint density at radius 2 is 1.92 bits per heavy atom. The fourth-order valence-corrected chi connectivity index (χ4v) is 3.15. The summed E-state index contributed by atoms with van der Waals surface area (Å²) in [5.41, 5.74) is 3.25. The molecule has 3 aromatic heterocycles. The second kappa shape index (κ2) is 7.17. The summed E-state index contributed by atoms with van der Waals surface area (Å²) in [6.45, 7) is 4.17. The summed E-state index contributed by atoms with van der Waals surface area (Å²) in [4.78, 5) is 20.2. The van der Waals surface area contributed by atoms with Gasteiger partial charge in [0.2, 0.25) is 5.89 Å². The van der Waals surface area contributed by atoms with Gasteiger partial charge >= 0.3 is 0 Å². The molecule has 0 bridgehead atoms. The molecule has 0 saturated heterocycles. The van der Waals surface area contributed by atoms with Crippen molar-refractivity contribution in [2.45, 2.75) is 26.3 Å². The van der Waals surface area contributed by atoms with Gasteiger partial charge in [-0.3, -0.25) is 4.98 Å². The van der Waals surface area contributed by atoms with Crippen LogP contribution in [0.1, 0.15) is 23.0 Å². The zero-order valence-electron chi connectivity index (χ0n) is 14.9. The minimum Gasteiger partial charge on any atom is -0.350 e. The molecule has 1 aliphatic heterocycles. The van der Waals surface area contributed by atoms with Crippen molar-refractivity contribution in [2.24, 2.45) is 0 Å². The zero-order chi connectivity index (χ0) is 17.9. The summed E-state index contributed by atoms with van der Waals surface area (Å²) in [5, 5.41) is 7.30. The Labute approximate surface area is 151 Å². The molecule has 0 saturated carbocycles. The highest BCUT2D eigenvalue weighted by atomic mass is 16.5. The van der Waals surface area contributed by atoms with Gasteiger partial charge in [0.05, 0.1) is 12.2 Å². The predicted molar refractivity (Wildman–Crippen MR) is 96.7 cm³/mol. The lowest BCUT2D eigenvalue weighted by Crippen LogP contribution is -2.22. The van der Waals surface area contributed by atoms with E-state index in [2.05, 4.69) is 25.3 Å². The minimum absolute atomic E-state index is 0.507. The topological polar surface area (TPSA) is 92.9 Å². The number of hydrogen-bond acceptors (Lipinski definition) is 8. The van der Waals surface area contributed by atoms with Gasteiger partial charge in [-0.1, -0.05) is 5.16 Å². The molecule has 8 heteroatoms. The Hall–Kier alpha value is -2.87. The van der Waals surface area contributed by atoms with E-state index >= 15 is 0 Å². The quantitative estimate of drug-likeness (QED) is 0.757. The molecule has 134 valence electrons. The number of aryl methyl sites for hydroxylation is 1. The molecule has 0 aliphatic carbocycles. The normalized spacial score (nSPS) is 13.9. The first kappa shape index (κ1) is 16.6. The smallest absolute Gasteiger partial charge is 0.246 e. The second-order valence-corrected chi connectivity index (χ2v) is 6.37. The third-order valence-electron chi connectivity index (χ3n) is 4.40. The van der Waals surface area contributed by atoms with Gasteiger partial charge in [0.1, 0.15) is 5.82 Å². The highest BCUT2D eigenvalue weighted by Gasteiger charge is 2.21. The molecular formula is C18H21N7O. The van der Waals surface area contributed by atoms with Crippen LogP contribution in [0.2, 0.25) is 0 Å². The molecule has 0 aromatic carbocycles. The van der Waals surface area contributed by atoms with Crippen LogP contribution >= 0.6 is 0 Å². The molecule has 8 nitrogen and oxygen atoms in total. The average molecular weight is 351 g/mol. The minimum atomic E-state index is 0.507.